The summed E-state index contributed by atoms with van der Waals surface area (Å²) in [5.74, 6) is 0. The van der Waals surface area contributed by atoms with E-state index in [1.807, 2.05) is 18.2 Å². The van der Waals surface area contributed by atoms with Crippen molar-refractivity contribution in [1.29, 1.82) is 0 Å². The van der Waals surface area contributed by atoms with Crippen molar-refractivity contribution in [1.82, 2.24) is 19.4 Å². The molecule has 0 N–H and O–H groups in total. The van der Waals surface area contributed by atoms with Gasteiger partial charge in [0, 0.05) is 23.3 Å². The van der Waals surface area contributed by atoms with E-state index in [0.29, 0.717) is 13.2 Å². The summed E-state index contributed by atoms with van der Waals surface area (Å²) in [5, 5.41) is 3.32. The molecule has 0 saturated carbocycles. The maximum atomic E-state index is 5.53. The molecule has 0 fully saturated rings. The van der Waals surface area contributed by atoms with Gasteiger partial charge >= 0.3 is 0 Å². The third-order valence-corrected chi connectivity index (χ3v) is 4.81. The van der Waals surface area contributed by atoms with Gasteiger partial charge in [0.1, 0.15) is 6.33 Å². The van der Waals surface area contributed by atoms with Crippen LogP contribution in [0.4, 0.5) is 0 Å². The molecule has 1 aliphatic rings. The van der Waals surface area contributed by atoms with Crippen molar-refractivity contribution in [2.24, 2.45) is 0 Å². The first-order valence-electron chi connectivity index (χ1n) is 7.93. The first-order chi connectivity index (χ1) is 11.9. The van der Waals surface area contributed by atoms with E-state index in [9.17, 15) is 0 Å². The van der Waals surface area contributed by atoms with Crippen molar-refractivity contribution in [2.75, 3.05) is 6.61 Å². The number of fused-ring (bicyclic) bond motifs is 5. The number of hydrogen-bond donors (Lipinski definition) is 0. The summed E-state index contributed by atoms with van der Waals surface area (Å²) in [6.07, 6.45) is 8.00. The molecule has 6 rings (SSSR count). The highest BCUT2D eigenvalue weighted by Gasteiger charge is 2.15. The summed E-state index contributed by atoms with van der Waals surface area (Å²) in [5.41, 5.74) is 6.12. The van der Waals surface area contributed by atoms with E-state index in [0.717, 1.165) is 38.4 Å². The van der Waals surface area contributed by atoms with Gasteiger partial charge in [0.15, 0.2) is 0 Å². The van der Waals surface area contributed by atoms with Gasteiger partial charge in [-0.05, 0) is 23.4 Å². The van der Waals surface area contributed by atoms with Crippen molar-refractivity contribution < 1.29 is 4.74 Å². The fraction of sp³-hybridized carbons (Fsp3) is 0.105. The summed E-state index contributed by atoms with van der Waals surface area (Å²) in [6, 6.07) is 8.23. The van der Waals surface area contributed by atoms with Crippen LogP contribution >= 0.6 is 0 Å². The van der Waals surface area contributed by atoms with Gasteiger partial charge in [-0.3, -0.25) is 0 Å². The molecule has 0 bridgehead atoms. The molecule has 0 spiro atoms. The summed E-state index contributed by atoms with van der Waals surface area (Å²) in [7, 11) is 0. The van der Waals surface area contributed by atoms with Crippen molar-refractivity contribution in [3.63, 3.8) is 0 Å². The molecule has 0 saturated heterocycles. The molecule has 1 aromatic carbocycles. The van der Waals surface area contributed by atoms with Crippen LogP contribution in [0.2, 0.25) is 0 Å². The van der Waals surface area contributed by atoms with E-state index in [1.165, 1.54) is 10.8 Å². The second kappa shape index (κ2) is 4.27. The summed E-state index contributed by atoms with van der Waals surface area (Å²) in [6.45, 7) is 1.32. The smallest absolute Gasteiger partial charge is 0.116 e. The quantitative estimate of drug-likeness (QED) is 0.441. The largest absolute Gasteiger partial charge is 0.373 e. The zero-order chi connectivity index (χ0) is 15.7. The third-order valence-electron chi connectivity index (χ3n) is 4.81. The molecule has 1 aliphatic heterocycles. The second-order valence-electron chi connectivity index (χ2n) is 6.16. The van der Waals surface area contributed by atoms with Gasteiger partial charge in [0.05, 0.1) is 46.2 Å². The Hall–Kier alpha value is -3.05. The second-order valence-corrected chi connectivity index (χ2v) is 6.16. The highest BCUT2D eigenvalue weighted by atomic mass is 16.5. The number of hydrogen-bond acceptors (Lipinski definition) is 4. The molecule has 0 aliphatic carbocycles. The number of aromatic nitrogens is 4. The van der Waals surface area contributed by atoms with Crippen LogP contribution in [0.1, 0.15) is 5.56 Å². The Kier molecular flexibility index (Phi) is 2.20. The van der Waals surface area contributed by atoms with Crippen LogP contribution in [0, 0.1) is 0 Å². The molecular weight excluding hydrogens is 300 g/mol. The van der Waals surface area contributed by atoms with E-state index < -0.39 is 0 Å². The topological polar surface area (TPSA) is 52.3 Å². The Morgan fingerprint density at radius 2 is 2.00 bits per heavy atom. The van der Waals surface area contributed by atoms with Gasteiger partial charge in [-0.2, -0.15) is 0 Å². The van der Waals surface area contributed by atoms with Crippen molar-refractivity contribution in [2.45, 2.75) is 6.61 Å². The standard InChI is InChI=1S/C19H12N4O/c1-2-14-17-15(3-1)22-18-13(19(17)21-10-20-14)8-23-7-12-9-24-5-4-11(12)6-16(18)23/h1-4,6-8,10H,5,9H2. The van der Waals surface area contributed by atoms with Crippen LogP contribution in [0.15, 0.2) is 43.0 Å². The van der Waals surface area contributed by atoms with Crippen LogP contribution in [0.25, 0.3) is 44.4 Å². The Balaban J connectivity index is 1.89. The normalized spacial score (nSPS) is 14.5. The number of nitrogens with zero attached hydrogens (tertiary/aromatic N) is 4. The van der Waals surface area contributed by atoms with Gasteiger partial charge in [0.2, 0.25) is 0 Å². The van der Waals surface area contributed by atoms with Crippen molar-refractivity contribution in [3.8, 4) is 0 Å². The van der Waals surface area contributed by atoms with Gasteiger partial charge in [-0.1, -0.05) is 12.1 Å². The van der Waals surface area contributed by atoms with Gasteiger partial charge < -0.3 is 9.14 Å². The van der Waals surface area contributed by atoms with Gasteiger partial charge in [-0.15, -0.1) is 0 Å². The van der Waals surface area contributed by atoms with E-state index >= 15 is 0 Å². The highest BCUT2D eigenvalue weighted by Crippen LogP contribution is 2.31. The van der Waals surface area contributed by atoms with Crippen LogP contribution in [0.5, 0.6) is 0 Å². The Bertz CT molecular complexity index is 1330. The molecule has 5 heteroatoms. The predicted octanol–water partition coefficient (Wildman–Crippen LogP) is 2.61. The third kappa shape index (κ3) is 1.49. The lowest BCUT2D eigenvalue weighted by atomic mass is 10.1. The summed E-state index contributed by atoms with van der Waals surface area (Å²) < 4.78 is 7.67. The SMILES string of the molecule is C1=c2cc3c4nc5cccc6ncnc(c4cn3cc2COC1)c65. The van der Waals surface area contributed by atoms with Crippen LogP contribution in [-0.4, -0.2) is 26.0 Å². The Morgan fingerprint density at radius 3 is 3.00 bits per heavy atom. The van der Waals surface area contributed by atoms with Crippen LogP contribution < -0.4 is 5.22 Å². The van der Waals surface area contributed by atoms with Crippen molar-refractivity contribution in [3.05, 3.63) is 53.8 Å². The van der Waals surface area contributed by atoms with Gasteiger partial charge in [0.25, 0.3) is 0 Å². The van der Waals surface area contributed by atoms with Gasteiger partial charge in [-0.25, -0.2) is 15.0 Å². The lowest BCUT2D eigenvalue weighted by Crippen LogP contribution is -2.17. The predicted molar refractivity (Wildman–Crippen MR) is 92.6 cm³/mol. The van der Waals surface area contributed by atoms with E-state index in [-0.39, 0.29) is 0 Å². The molecule has 5 heterocycles. The number of pyridine rings is 2. The number of ether oxygens (including phenoxy) is 1. The monoisotopic (exact) mass is 312 g/mol. The Labute approximate surface area is 136 Å². The van der Waals surface area contributed by atoms with E-state index in [1.54, 1.807) is 6.33 Å². The maximum absolute atomic E-state index is 5.53. The van der Waals surface area contributed by atoms with Crippen LogP contribution in [-0.2, 0) is 11.3 Å². The minimum atomic E-state index is 0.653. The first kappa shape index (κ1) is 12.4. The summed E-state index contributed by atoms with van der Waals surface area (Å²) in [4.78, 5) is 13.8. The fourth-order valence-electron chi connectivity index (χ4n) is 3.69. The van der Waals surface area contributed by atoms with Crippen LogP contribution in [0.3, 0.4) is 0 Å². The number of rotatable bonds is 0. The summed E-state index contributed by atoms with van der Waals surface area (Å²) >= 11 is 0. The molecule has 5 aromatic rings. The molecule has 0 amide bonds. The first-order valence-corrected chi connectivity index (χ1v) is 7.93. The highest BCUT2D eigenvalue weighted by molar-refractivity contribution is 6.18. The average Bonchev–Trinajstić information content (AvgIpc) is 2.98. The fourth-order valence-corrected chi connectivity index (χ4v) is 3.69. The number of benzene rings is 1. The lowest BCUT2D eigenvalue weighted by Gasteiger charge is -2.10. The molecule has 5 nitrogen and oxygen atoms in total. The maximum Gasteiger partial charge on any atom is 0.116 e. The van der Waals surface area contributed by atoms with E-state index in [2.05, 4.69) is 38.9 Å². The molecule has 4 aromatic heterocycles. The lowest BCUT2D eigenvalue weighted by molar-refractivity contribution is 0.150. The zero-order valence-corrected chi connectivity index (χ0v) is 12.7. The zero-order valence-electron chi connectivity index (χ0n) is 12.7. The molecule has 0 radical (unpaired) electrons. The Morgan fingerprint density at radius 1 is 1.04 bits per heavy atom. The molecule has 24 heavy (non-hydrogen) atoms. The molecule has 0 unspecified atom stereocenters. The minimum Gasteiger partial charge on any atom is -0.373 e. The molecule has 0 atom stereocenters. The molecular formula is C19H12N4O. The van der Waals surface area contributed by atoms with E-state index in [4.69, 9.17) is 9.72 Å². The average molecular weight is 312 g/mol. The van der Waals surface area contributed by atoms with Crippen molar-refractivity contribution >= 4 is 44.4 Å². The molecule has 114 valence electrons. The minimum absolute atomic E-state index is 0.653.